The van der Waals surface area contributed by atoms with Gasteiger partial charge in [0, 0.05) is 11.0 Å². The molecule has 0 bridgehead atoms. The summed E-state index contributed by atoms with van der Waals surface area (Å²) >= 11 is 0. The zero-order valence-electron chi connectivity index (χ0n) is 11.1. The Hall–Kier alpha value is -1.09. The third-order valence-electron chi connectivity index (χ3n) is 4.37. The Bertz CT molecular complexity index is 411. The molecule has 1 unspecified atom stereocenters. The molecule has 0 aromatic heterocycles. The van der Waals surface area contributed by atoms with Gasteiger partial charge >= 0.3 is 0 Å². The molecule has 18 heavy (non-hydrogen) atoms. The van der Waals surface area contributed by atoms with E-state index in [2.05, 4.69) is 6.92 Å². The van der Waals surface area contributed by atoms with E-state index in [1.54, 1.807) is 13.2 Å². The van der Waals surface area contributed by atoms with Gasteiger partial charge in [-0.3, -0.25) is 0 Å². The summed E-state index contributed by atoms with van der Waals surface area (Å²) in [5.74, 6) is 0.248. The van der Waals surface area contributed by atoms with E-state index in [1.165, 1.54) is 12.1 Å². The van der Waals surface area contributed by atoms with Crippen LogP contribution in [0.1, 0.15) is 50.7 Å². The lowest BCUT2D eigenvalue weighted by Crippen LogP contribution is -2.25. The first-order chi connectivity index (χ1) is 8.63. The van der Waals surface area contributed by atoms with Crippen molar-refractivity contribution in [1.29, 1.82) is 0 Å². The Kier molecular flexibility index (Phi) is 3.91. The fraction of sp³-hybridized carbons (Fsp3) is 0.600. The largest absolute Gasteiger partial charge is 0.496 e. The van der Waals surface area contributed by atoms with Gasteiger partial charge in [0.1, 0.15) is 11.6 Å². The molecular formula is C15H21FO2. The molecule has 1 fully saturated rings. The van der Waals surface area contributed by atoms with E-state index < -0.39 is 6.10 Å². The number of hydrogen-bond donors (Lipinski definition) is 1. The smallest absolute Gasteiger partial charge is 0.124 e. The lowest BCUT2D eigenvalue weighted by atomic mass is 9.75. The number of aliphatic hydroxyl groups excluding tert-OH is 1. The van der Waals surface area contributed by atoms with Crippen LogP contribution in [0.2, 0.25) is 0 Å². The highest BCUT2D eigenvalue weighted by Gasteiger charge is 2.40. The Morgan fingerprint density at radius 2 is 2.06 bits per heavy atom. The van der Waals surface area contributed by atoms with Crippen LogP contribution >= 0.6 is 0 Å². The molecule has 100 valence electrons. The first-order valence-electron chi connectivity index (χ1n) is 6.64. The number of methoxy groups -OCH3 is 1. The standard InChI is InChI=1S/C15H21FO2/c1-3-15(8-4-5-9-15)14(17)12-10-11(16)6-7-13(12)18-2/h6-7,10,14,17H,3-5,8-9H2,1-2H3. The second-order valence-electron chi connectivity index (χ2n) is 5.21. The van der Waals surface area contributed by atoms with Gasteiger partial charge in [0.2, 0.25) is 0 Å². The van der Waals surface area contributed by atoms with Crippen molar-refractivity contribution in [2.45, 2.75) is 45.1 Å². The van der Waals surface area contributed by atoms with Crippen molar-refractivity contribution in [2.24, 2.45) is 5.41 Å². The normalized spacial score (nSPS) is 19.8. The minimum Gasteiger partial charge on any atom is -0.496 e. The van der Waals surface area contributed by atoms with Crippen LogP contribution in [0.25, 0.3) is 0 Å². The molecule has 3 heteroatoms. The molecule has 2 nitrogen and oxygen atoms in total. The zero-order valence-corrected chi connectivity index (χ0v) is 11.1. The number of halogens is 1. The van der Waals surface area contributed by atoms with E-state index in [9.17, 15) is 9.50 Å². The van der Waals surface area contributed by atoms with Gasteiger partial charge in [-0.05, 0) is 37.5 Å². The predicted molar refractivity (Wildman–Crippen MR) is 69.1 cm³/mol. The van der Waals surface area contributed by atoms with Crippen molar-refractivity contribution in [3.63, 3.8) is 0 Å². The molecule has 1 saturated carbocycles. The van der Waals surface area contributed by atoms with Gasteiger partial charge in [-0.2, -0.15) is 0 Å². The average Bonchev–Trinajstić information content (AvgIpc) is 2.87. The van der Waals surface area contributed by atoms with Crippen LogP contribution in [0.4, 0.5) is 4.39 Å². The van der Waals surface area contributed by atoms with Crippen LogP contribution in [0.15, 0.2) is 18.2 Å². The number of benzene rings is 1. The van der Waals surface area contributed by atoms with Crippen LogP contribution in [0, 0.1) is 11.2 Å². The third-order valence-corrected chi connectivity index (χ3v) is 4.37. The van der Waals surface area contributed by atoms with Crippen LogP contribution in [-0.2, 0) is 0 Å². The number of ether oxygens (including phenoxy) is 1. The Morgan fingerprint density at radius 3 is 2.61 bits per heavy atom. The van der Waals surface area contributed by atoms with Crippen molar-refractivity contribution >= 4 is 0 Å². The van der Waals surface area contributed by atoms with Gasteiger partial charge in [-0.15, -0.1) is 0 Å². The summed E-state index contributed by atoms with van der Waals surface area (Å²) in [6.07, 6.45) is 4.56. The highest BCUT2D eigenvalue weighted by molar-refractivity contribution is 5.37. The number of aliphatic hydroxyl groups is 1. The maximum atomic E-state index is 13.4. The molecule has 2 rings (SSSR count). The number of rotatable bonds is 4. The molecule has 1 aromatic rings. The van der Waals surface area contributed by atoms with Gasteiger partial charge in [0.25, 0.3) is 0 Å². The SMILES string of the molecule is CCC1(C(O)c2cc(F)ccc2OC)CCCC1. The summed E-state index contributed by atoms with van der Waals surface area (Å²) < 4.78 is 18.6. The van der Waals surface area contributed by atoms with Crippen molar-refractivity contribution in [3.8, 4) is 5.75 Å². The van der Waals surface area contributed by atoms with Crippen LogP contribution in [-0.4, -0.2) is 12.2 Å². The summed E-state index contributed by atoms with van der Waals surface area (Å²) in [6, 6.07) is 4.35. The van der Waals surface area contributed by atoms with Crippen LogP contribution in [0.3, 0.4) is 0 Å². The molecule has 1 N–H and O–H groups in total. The second kappa shape index (κ2) is 5.27. The summed E-state index contributed by atoms with van der Waals surface area (Å²) in [6.45, 7) is 2.10. The van der Waals surface area contributed by atoms with E-state index in [4.69, 9.17) is 4.74 Å². The highest BCUT2D eigenvalue weighted by Crippen LogP contribution is 2.51. The van der Waals surface area contributed by atoms with Gasteiger partial charge in [-0.1, -0.05) is 19.8 Å². The second-order valence-corrected chi connectivity index (χ2v) is 5.21. The predicted octanol–water partition coefficient (Wildman–Crippen LogP) is 3.84. The van der Waals surface area contributed by atoms with Crippen molar-refractivity contribution < 1.29 is 14.2 Å². The number of hydrogen-bond acceptors (Lipinski definition) is 2. The molecule has 0 saturated heterocycles. The lowest BCUT2D eigenvalue weighted by Gasteiger charge is -2.34. The molecule has 0 radical (unpaired) electrons. The topological polar surface area (TPSA) is 29.5 Å². The molecule has 0 aliphatic heterocycles. The monoisotopic (exact) mass is 252 g/mol. The van der Waals surface area contributed by atoms with Gasteiger partial charge in [-0.25, -0.2) is 4.39 Å². The van der Waals surface area contributed by atoms with E-state index in [0.717, 1.165) is 32.1 Å². The van der Waals surface area contributed by atoms with Gasteiger partial charge in [0.15, 0.2) is 0 Å². The molecule has 0 spiro atoms. The van der Waals surface area contributed by atoms with Crippen LogP contribution in [0.5, 0.6) is 5.75 Å². The fourth-order valence-electron chi connectivity index (χ4n) is 3.15. The van der Waals surface area contributed by atoms with E-state index in [1.807, 2.05) is 0 Å². The molecule has 0 heterocycles. The van der Waals surface area contributed by atoms with E-state index >= 15 is 0 Å². The van der Waals surface area contributed by atoms with Crippen molar-refractivity contribution in [1.82, 2.24) is 0 Å². The average molecular weight is 252 g/mol. The van der Waals surface area contributed by atoms with Crippen molar-refractivity contribution in [3.05, 3.63) is 29.6 Å². The Balaban J connectivity index is 2.37. The Labute approximate surface area is 108 Å². The van der Waals surface area contributed by atoms with E-state index in [0.29, 0.717) is 11.3 Å². The maximum absolute atomic E-state index is 13.4. The van der Waals surface area contributed by atoms with E-state index in [-0.39, 0.29) is 11.2 Å². The molecule has 0 amide bonds. The first kappa shape index (κ1) is 13.3. The minimum atomic E-state index is -0.643. The lowest BCUT2D eigenvalue weighted by molar-refractivity contribution is 0.0218. The van der Waals surface area contributed by atoms with Gasteiger partial charge in [0.05, 0.1) is 13.2 Å². The molecule has 1 aromatic carbocycles. The quantitative estimate of drug-likeness (QED) is 0.882. The molecule has 1 aliphatic rings. The van der Waals surface area contributed by atoms with Gasteiger partial charge < -0.3 is 9.84 Å². The molecule has 1 aliphatic carbocycles. The minimum absolute atomic E-state index is 0.110. The highest BCUT2D eigenvalue weighted by atomic mass is 19.1. The first-order valence-corrected chi connectivity index (χ1v) is 6.64. The van der Waals surface area contributed by atoms with Crippen LogP contribution < -0.4 is 4.74 Å². The van der Waals surface area contributed by atoms with Crippen molar-refractivity contribution in [2.75, 3.05) is 7.11 Å². The Morgan fingerprint density at radius 1 is 1.39 bits per heavy atom. The summed E-state index contributed by atoms with van der Waals surface area (Å²) in [4.78, 5) is 0. The summed E-state index contributed by atoms with van der Waals surface area (Å²) in [5.41, 5.74) is 0.474. The zero-order chi connectivity index (χ0) is 13.2. The molecular weight excluding hydrogens is 231 g/mol. The summed E-state index contributed by atoms with van der Waals surface area (Å²) in [7, 11) is 1.55. The fourth-order valence-corrected chi connectivity index (χ4v) is 3.15. The summed E-state index contributed by atoms with van der Waals surface area (Å²) in [5, 5.41) is 10.7. The third kappa shape index (κ3) is 2.24. The maximum Gasteiger partial charge on any atom is 0.124 e. The molecule has 1 atom stereocenters.